The molecule has 3 N–H and O–H groups in total. The second-order valence-corrected chi connectivity index (χ2v) is 7.01. The van der Waals surface area contributed by atoms with Gasteiger partial charge in [0, 0.05) is 24.7 Å². The standard InChI is InChI=1S/C20H25ClN4O4/c21-17-6-2-1-5-16(17)18(25-7-10-28-11-8-25)13-22-19(26)14-24-20(27)23-12-15-4-3-9-29-15/h1-6,9,18H,7-8,10-14H2,(H,22,26)(H2,23,24,27). The number of amides is 3. The zero-order valence-corrected chi connectivity index (χ0v) is 16.8. The van der Waals surface area contributed by atoms with Crippen LogP contribution in [0.15, 0.2) is 47.1 Å². The maximum Gasteiger partial charge on any atom is 0.315 e. The van der Waals surface area contributed by atoms with E-state index in [-0.39, 0.29) is 25.0 Å². The molecule has 8 nitrogen and oxygen atoms in total. The monoisotopic (exact) mass is 420 g/mol. The normalized spacial score (nSPS) is 15.5. The summed E-state index contributed by atoms with van der Waals surface area (Å²) in [5, 5.41) is 8.71. The molecule has 156 valence electrons. The minimum atomic E-state index is -0.438. The van der Waals surface area contributed by atoms with Gasteiger partial charge in [0.15, 0.2) is 0 Å². The smallest absolute Gasteiger partial charge is 0.315 e. The highest BCUT2D eigenvalue weighted by atomic mass is 35.5. The van der Waals surface area contributed by atoms with Crippen LogP contribution in [0.4, 0.5) is 4.79 Å². The molecule has 0 bridgehead atoms. The number of ether oxygens (including phenoxy) is 1. The van der Waals surface area contributed by atoms with Gasteiger partial charge in [-0.3, -0.25) is 9.69 Å². The first kappa shape index (κ1) is 21.2. The lowest BCUT2D eigenvalue weighted by molar-refractivity contribution is -0.120. The molecule has 29 heavy (non-hydrogen) atoms. The van der Waals surface area contributed by atoms with E-state index in [1.165, 1.54) is 6.26 Å². The number of morpholine rings is 1. The van der Waals surface area contributed by atoms with Gasteiger partial charge in [0.05, 0.1) is 38.6 Å². The highest BCUT2D eigenvalue weighted by Crippen LogP contribution is 2.27. The molecule has 1 unspecified atom stereocenters. The molecule has 0 aliphatic carbocycles. The maximum absolute atomic E-state index is 12.2. The van der Waals surface area contributed by atoms with Crippen LogP contribution < -0.4 is 16.0 Å². The van der Waals surface area contributed by atoms with E-state index in [4.69, 9.17) is 20.8 Å². The number of carbonyl (C=O) groups excluding carboxylic acids is 2. The van der Waals surface area contributed by atoms with Gasteiger partial charge in [-0.15, -0.1) is 0 Å². The number of benzene rings is 1. The molecule has 0 spiro atoms. The summed E-state index contributed by atoms with van der Waals surface area (Å²) in [6, 6.07) is 10.6. The van der Waals surface area contributed by atoms with E-state index in [1.807, 2.05) is 24.3 Å². The average molecular weight is 421 g/mol. The predicted molar refractivity (Wildman–Crippen MR) is 109 cm³/mol. The fraction of sp³-hybridized carbons (Fsp3) is 0.400. The molecular weight excluding hydrogens is 396 g/mol. The number of halogens is 1. The molecule has 1 fully saturated rings. The van der Waals surface area contributed by atoms with Crippen LogP contribution in [0.2, 0.25) is 5.02 Å². The van der Waals surface area contributed by atoms with Crippen LogP contribution in [-0.4, -0.2) is 56.2 Å². The summed E-state index contributed by atoms with van der Waals surface area (Å²) in [6.07, 6.45) is 1.53. The van der Waals surface area contributed by atoms with Gasteiger partial charge in [-0.2, -0.15) is 0 Å². The number of furan rings is 1. The number of nitrogens with one attached hydrogen (secondary N) is 3. The fourth-order valence-corrected chi connectivity index (χ4v) is 3.41. The van der Waals surface area contributed by atoms with Gasteiger partial charge in [-0.05, 0) is 23.8 Å². The van der Waals surface area contributed by atoms with Crippen molar-refractivity contribution in [2.75, 3.05) is 39.4 Å². The van der Waals surface area contributed by atoms with Crippen LogP contribution in [0.1, 0.15) is 17.4 Å². The second kappa shape index (κ2) is 10.8. The SMILES string of the molecule is O=C(CNC(=O)NCc1ccco1)NCC(c1ccccc1Cl)N1CCOCC1. The number of hydrogen-bond acceptors (Lipinski definition) is 5. The molecule has 1 saturated heterocycles. The van der Waals surface area contributed by atoms with Crippen LogP contribution in [-0.2, 0) is 16.1 Å². The number of nitrogens with zero attached hydrogens (tertiary/aromatic N) is 1. The van der Waals surface area contributed by atoms with Crippen molar-refractivity contribution in [3.8, 4) is 0 Å². The Hall–Kier alpha value is -2.55. The number of rotatable bonds is 8. The topological polar surface area (TPSA) is 95.8 Å². The van der Waals surface area contributed by atoms with Crippen LogP contribution in [0.5, 0.6) is 0 Å². The third-order valence-corrected chi connectivity index (χ3v) is 5.00. The van der Waals surface area contributed by atoms with Crippen molar-refractivity contribution >= 4 is 23.5 Å². The molecule has 1 atom stereocenters. The van der Waals surface area contributed by atoms with Crippen LogP contribution >= 0.6 is 11.6 Å². The molecule has 1 aliphatic rings. The highest BCUT2D eigenvalue weighted by molar-refractivity contribution is 6.31. The molecule has 2 heterocycles. The summed E-state index contributed by atoms with van der Waals surface area (Å²) in [5.74, 6) is 0.362. The first-order valence-corrected chi connectivity index (χ1v) is 9.88. The lowest BCUT2D eigenvalue weighted by Gasteiger charge is -2.35. The van der Waals surface area contributed by atoms with Gasteiger partial charge < -0.3 is 25.1 Å². The lowest BCUT2D eigenvalue weighted by atomic mass is 10.0. The predicted octanol–water partition coefficient (Wildman–Crippen LogP) is 1.92. The molecule has 1 aliphatic heterocycles. The molecule has 0 radical (unpaired) electrons. The van der Waals surface area contributed by atoms with Gasteiger partial charge in [-0.1, -0.05) is 29.8 Å². The zero-order chi connectivity index (χ0) is 20.5. The summed E-state index contributed by atoms with van der Waals surface area (Å²) in [4.78, 5) is 26.3. The summed E-state index contributed by atoms with van der Waals surface area (Å²) >= 11 is 6.39. The Morgan fingerprint density at radius 3 is 2.59 bits per heavy atom. The van der Waals surface area contributed by atoms with Gasteiger partial charge in [-0.25, -0.2) is 4.79 Å². The second-order valence-electron chi connectivity index (χ2n) is 6.61. The first-order valence-electron chi connectivity index (χ1n) is 9.50. The highest BCUT2D eigenvalue weighted by Gasteiger charge is 2.24. The van der Waals surface area contributed by atoms with Gasteiger partial charge in [0.2, 0.25) is 5.91 Å². The first-order chi connectivity index (χ1) is 14.1. The maximum atomic E-state index is 12.2. The number of hydrogen-bond donors (Lipinski definition) is 3. The number of carbonyl (C=O) groups is 2. The zero-order valence-electron chi connectivity index (χ0n) is 16.0. The quantitative estimate of drug-likeness (QED) is 0.606. The Balaban J connectivity index is 1.48. The van der Waals surface area contributed by atoms with Gasteiger partial charge in [0.1, 0.15) is 5.76 Å². The summed E-state index contributed by atoms with van der Waals surface area (Å²) in [6.45, 7) is 3.34. The minimum Gasteiger partial charge on any atom is -0.467 e. The molecular formula is C20H25ClN4O4. The molecule has 9 heteroatoms. The van der Waals surface area contributed by atoms with Crippen LogP contribution in [0.25, 0.3) is 0 Å². The lowest BCUT2D eigenvalue weighted by Crippen LogP contribution is -2.46. The van der Waals surface area contributed by atoms with Crippen molar-refractivity contribution in [2.45, 2.75) is 12.6 Å². The van der Waals surface area contributed by atoms with Crippen molar-refractivity contribution in [1.82, 2.24) is 20.9 Å². The Morgan fingerprint density at radius 1 is 1.07 bits per heavy atom. The van der Waals surface area contributed by atoms with Crippen molar-refractivity contribution in [1.29, 1.82) is 0 Å². The summed E-state index contributed by atoms with van der Waals surface area (Å²) in [5.41, 5.74) is 0.959. The van der Waals surface area contributed by atoms with E-state index in [9.17, 15) is 9.59 Å². The molecule has 3 amide bonds. The van der Waals surface area contributed by atoms with E-state index in [0.717, 1.165) is 18.7 Å². The Kier molecular flexibility index (Phi) is 7.92. The molecule has 1 aromatic heterocycles. The van der Waals surface area contributed by atoms with E-state index in [1.54, 1.807) is 12.1 Å². The van der Waals surface area contributed by atoms with Crippen molar-refractivity contribution < 1.29 is 18.7 Å². The Morgan fingerprint density at radius 2 is 1.86 bits per heavy atom. The minimum absolute atomic E-state index is 0.0654. The van der Waals surface area contributed by atoms with Crippen molar-refractivity contribution in [2.24, 2.45) is 0 Å². The fourth-order valence-electron chi connectivity index (χ4n) is 3.15. The van der Waals surface area contributed by atoms with Crippen molar-refractivity contribution in [3.05, 3.63) is 59.0 Å². The average Bonchev–Trinajstić information content (AvgIpc) is 3.26. The van der Waals surface area contributed by atoms with E-state index in [2.05, 4.69) is 20.9 Å². The van der Waals surface area contributed by atoms with Gasteiger partial charge in [0.25, 0.3) is 0 Å². The molecule has 0 saturated carbocycles. The Labute approximate surface area is 174 Å². The number of urea groups is 1. The molecule has 2 aromatic rings. The van der Waals surface area contributed by atoms with E-state index >= 15 is 0 Å². The van der Waals surface area contributed by atoms with E-state index in [0.29, 0.717) is 30.5 Å². The van der Waals surface area contributed by atoms with E-state index < -0.39 is 6.03 Å². The molecule has 3 rings (SSSR count). The largest absolute Gasteiger partial charge is 0.467 e. The third kappa shape index (κ3) is 6.49. The van der Waals surface area contributed by atoms with Gasteiger partial charge >= 0.3 is 6.03 Å². The summed E-state index contributed by atoms with van der Waals surface area (Å²) < 4.78 is 10.6. The third-order valence-electron chi connectivity index (χ3n) is 4.66. The van der Waals surface area contributed by atoms with Crippen molar-refractivity contribution in [3.63, 3.8) is 0 Å². The summed E-state index contributed by atoms with van der Waals surface area (Å²) in [7, 11) is 0. The molecule has 1 aromatic carbocycles. The van der Waals surface area contributed by atoms with Crippen LogP contribution in [0.3, 0.4) is 0 Å². The van der Waals surface area contributed by atoms with Crippen LogP contribution in [0, 0.1) is 0 Å². The Bertz CT molecular complexity index is 794.